The lowest BCUT2D eigenvalue weighted by Crippen LogP contribution is -2.34. The number of hydrogen-bond acceptors (Lipinski definition) is 5. The summed E-state index contributed by atoms with van der Waals surface area (Å²) < 4.78 is 5.50. The molecule has 0 aliphatic carbocycles. The minimum atomic E-state index is -0.314. The molecule has 1 aliphatic heterocycles. The van der Waals surface area contributed by atoms with Crippen LogP contribution in [0.2, 0.25) is 0 Å². The Labute approximate surface area is 190 Å². The second-order valence-corrected chi connectivity index (χ2v) is 9.36. The Bertz CT molecular complexity index is 1130. The summed E-state index contributed by atoms with van der Waals surface area (Å²) in [5, 5.41) is 14.0. The van der Waals surface area contributed by atoms with Gasteiger partial charge in [0, 0.05) is 36.8 Å². The van der Waals surface area contributed by atoms with Crippen LogP contribution < -0.4 is 10.9 Å². The van der Waals surface area contributed by atoms with Gasteiger partial charge in [-0.25, -0.2) is 4.79 Å². The van der Waals surface area contributed by atoms with E-state index in [-0.39, 0.29) is 5.63 Å². The summed E-state index contributed by atoms with van der Waals surface area (Å²) in [4.78, 5) is 14.7. The van der Waals surface area contributed by atoms with Crippen molar-refractivity contribution in [1.82, 2.24) is 4.90 Å². The second kappa shape index (κ2) is 9.88. The van der Waals surface area contributed by atoms with E-state index in [4.69, 9.17) is 4.42 Å². The minimum Gasteiger partial charge on any atom is -0.423 e. The van der Waals surface area contributed by atoms with Crippen LogP contribution in [0.4, 0.5) is 5.69 Å². The first-order valence-electron chi connectivity index (χ1n) is 11.7. The van der Waals surface area contributed by atoms with Crippen LogP contribution in [0.25, 0.3) is 11.0 Å². The number of piperidine rings is 1. The highest BCUT2D eigenvalue weighted by Gasteiger charge is 2.19. The smallest absolute Gasteiger partial charge is 0.336 e. The van der Waals surface area contributed by atoms with Crippen LogP contribution in [0.5, 0.6) is 0 Å². The SMILES string of the molecule is Cc1cc2oc(=O)cc(CNc3ccccc3CN3CCC(CO)CC3)c2cc1C(C)C. The molecule has 0 amide bonds. The van der Waals surface area contributed by atoms with Gasteiger partial charge in [0.1, 0.15) is 5.58 Å². The molecule has 0 saturated carbocycles. The van der Waals surface area contributed by atoms with Gasteiger partial charge in [-0.3, -0.25) is 4.90 Å². The summed E-state index contributed by atoms with van der Waals surface area (Å²) in [6.45, 7) is 10.2. The van der Waals surface area contributed by atoms with Gasteiger partial charge in [-0.2, -0.15) is 0 Å². The molecule has 5 heteroatoms. The number of aliphatic hydroxyl groups is 1. The van der Waals surface area contributed by atoms with E-state index in [0.29, 0.717) is 30.6 Å². The summed E-state index contributed by atoms with van der Waals surface area (Å²) in [7, 11) is 0. The van der Waals surface area contributed by atoms with Crippen LogP contribution in [0, 0.1) is 12.8 Å². The van der Waals surface area contributed by atoms with Crippen molar-refractivity contribution in [2.24, 2.45) is 5.92 Å². The van der Waals surface area contributed by atoms with E-state index in [1.54, 1.807) is 6.07 Å². The second-order valence-electron chi connectivity index (χ2n) is 9.36. The highest BCUT2D eigenvalue weighted by molar-refractivity contribution is 5.82. The number of nitrogens with zero attached hydrogens (tertiary/aromatic N) is 1. The van der Waals surface area contributed by atoms with E-state index in [9.17, 15) is 9.90 Å². The molecule has 0 atom stereocenters. The number of likely N-dealkylation sites (tertiary alicyclic amines) is 1. The summed E-state index contributed by atoms with van der Waals surface area (Å²) in [6.07, 6.45) is 2.10. The fraction of sp³-hybridized carbons (Fsp3) is 0.444. The third-order valence-corrected chi connectivity index (χ3v) is 6.68. The molecule has 170 valence electrons. The fourth-order valence-corrected chi connectivity index (χ4v) is 4.75. The van der Waals surface area contributed by atoms with Crippen molar-refractivity contribution in [3.8, 4) is 0 Å². The molecule has 2 N–H and O–H groups in total. The van der Waals surface area contributed by atoms with Gasteiger partial charge >= 0.3 is 5.63 Å². The lowest BCUT2D eigenvalue weighted by atomic mass is 9.95. The third-order valence-electron chi connectivity index (χ3n) is 6.68. The maximum atomic E-state index is 12.2. The van der Waals surface area contributed by atoms with Crippen LogP contribution in [0.1, 0.15) is 54.9 Å². The van der Waals surface area contributed by atoms with E-state index in [1.807, 2.05) is 12.1 Å². The number of aryl methyl sites for hydroxylation is 1. The average molecular weight is 435 g/mol. The number of fused-ring (bicyclic) bond motifs is 1. The number of rotatable bonds is 7. The molecule has 5 nitrogen and oxygen atoms in total. The molecule has 4 rings (SSSR count). The Balaban J connectivity index is 1.55. The Morgan fingerprint density at radius 3 is 2.59 bits per heavy atom. The topological polar surface area (TPSA) is 65.7 Å². The number of benzene rings is 2. The van der Waals surface area contributed by atoms with Crippen molar-refractivity contribution in [2.45, 2.75) is 52.6 Å². The molecule has 0 spiro atoms. The van der Waals surface area contributed by atoms with E-state index < -0.39 is 0 Å². The third kappa shape index (κ3) is 5.05. The maximum absolute atomic E-state index is 12.2. The predicted octanol–water partition coefficient (Wildman–Crippen LogP) is 5.04. The van der Waals surface area contributed by atoms with Crippen LogP contribution in [0.15, 0.2) is 51.7 Å². The first-order chi connectivity index (χ1) is 15.4. The van der Waals surface area contributed by atoms with Gasteiger partial charge in [-0.1, -0.05) is 32.0 Å². The standard InChI is InChI=1S/C27H34N2O3/c1-18(2)23-14-24-22(13-27(31)32-26(24)12-19(23)3)15-28-25-7-5-4-6-21(25)16-29-10-8-20(17-30)9-11-29/h4-7,12-14,18,20,28,30H,8-11,15-17H2,1-3H3. The quantitative estimate of drug-likeness (QED) is 0.510. The highest BCUT2D eigenvalue weighted by Crippen LogP contribution is 2.28. The molecule has 2 aromatic carbocycles. The monoisotopic (exact) mass is 434 g/mol. The minimum absolute atomic E-state index is 0.295. The maximum Gasteiger partial charge on any atom is 0.336 e. The van der Waals surface area contributed by atoms with Gasteiger partial charge in [0.05, 0.1) is 0 Å². The Hall–Kier alpha value is -2.63. The fourth-order valence-electron chi connectivity index (χ4n) is 4.75. The largest absolute Gasteiger partial charge is 0.423 e. The molecule has 1 aliphatic rings. The van der Waals surface area contributed by atoms with Gasteiger partial charge in [0.25, 0.3) is 0 Å². The van der Waals surface area contributed by atoms with Crippen molar-refractivity contribution < 1.29 is 9.52 Å². The van der Waals surface area contributed by atoms with Crippen molar-refractivity contribution >= 4 is 16.7 Å². The summed E-state index contributed by atoms with van der Waals surface area (Å²) in [5.74, 6) is 0.847. The van der Waals surface area contributed by atoms with E-state index >= 15 is 0 Å². The van der Waals surface area contributed by atoms with Gasteiger partial charge in [-0.05, 0) is 85.1 Å². The molecular weight excluding hydrogens is 400 g/mol. The predicted molar refractivity (Wildman–Crippen MR) is 130 cm³/mol. The van der Waals surface area contributed by atoms with Crippen molar-refractivity contribution in [3.05, 3.63) is 75.1 Å². The summed E-state index contributed by atoms with van der Waals surface area (Å²) in [5.41, 5.74) is 6.06. The lowest BCUT2D eigenvalue weighted by molar-refractivity contribution is 0.127. The molecule has 1 saturated heterocycles. The van der Waals surface area contributed by atoms with Gasteiger partial charge in [0.15, 0.2) is 0 Å². The average Bonchev–Trinajstić information content (AvgIpc) is 2.78. The van der Waals surface area contributed by atoms with E-state index in [2.05, 4.69) is 55.3 Å². The molecule has 0 radical (unpaired) electrons. The molecular formula is C27H34N2O3. The summed E-state index contributed by atoms with van der Waals surface area (Å²) in [6, 6.07) is 14.2. The Kier molecular flexibility index (Phi) is 6.97. The van der Waals surface area contributed by atoms with Gasteiger partial charge < -0.3 is 14.8 Å². The lowest BCUT2D eigenvalue weighted by Gasteiger charge is -2.31. The number of anilines is 1. The molecule has 1 fully saturated rings. The Morgan fingerprint density at radius 1 is 1.12 bits per heavy atom. The van der Waals surface area contributed by atoms with Crippen molar-refractivity contribution in [1.29, 1.82) is 0 Å². The molecule has 32 heavy (non-hydrogen) atoms. The highest BCUT2D eigenvalue weighted by atomic mass is 16.4. The van der Waals surface area contributed by atoms with E-state index in [1.165, 1.54) is 11.1 Å². The number of aliphatic hydroxyl groups excluding tert-OH is 1. The molecule has 2 heterocycles. The van der Waals surface area contributed by atoms with Crippen molar-refractivity contribution in [2.75, 3.05) is 25.0 Å². The van der Waals surface area contributed by atoms with Crippen LogP contribution >= 0.6 is 0 Å². The zero-order valence-electron chi connectivity index (χ0n) is 19.4. The number of nitrogens with one attached hydrogen (secondary N) is 1. The number of para-hydroxylation sites is 1. The van der Waals surface area contributed by atoms with E-state index in [0.717, 1.165) is 54.7 Å². The zero-order valence-corrected chi connectivity index (χ0v) is 19.4. The number of hydrogen-bond donors (Lipinski definition) is 2. The van der Waals surface area contributed by atoms with Gasteiger partial charge in [0.2, 0.25) is 0 Å². The summed E-state index contributed by atoms with van der Waals surface area (Å²) >= 11 is 0. The van der Waals surface area contributed by atoms with Crippen LogP contribution in [0.3, 0.4) is 0 Å². The normalized spacial score (nSPS) is 15.5. The van der Waals surface area contributed by atoms with Crippen molar-refractivity contribution in [3.63, 3.8) is 0 Å². The molecule has 1 aromatic heterocycles. The molecule has 3 aromatic rings. The van der Waals surface area contributed by atoms with Crippen LogP contribution in [-0.4, -0.2) is 29.7 Å². The molecule has 0 bridgehead atoms. The first-order valence-corrected chi connectivity index (χ1v) is 11.7. The first kappa shape index (κ1) is 22.6. The Morgan fingerprint density at radius 2 is 1.88 bits per heavy atom. The van der Waals surface area contributed by atoms with Crippen LogP contribution in [-0.2, 0) is 13.1 Å². The molecule has 0 unspecified atom stereocenters. The van der Waals surface area contributed by atoms with Gasteiger partial charge in [-0.15, -0.1) is 0 Å². The zero-order chi connectivity index (χ0) is 22.7.